The molecule has 0 bridgehead atoms. The molecule has 1 aliphatic carbocycles. The van der Waals surface area contributed by atoms with Crippen molar-refractivity contribution in [3.05, 3.63) is 21.9 Å². The van der Waals surface area contributed by atoms with Crippen LogP contribution in [0.5, 0.6) is 0 Å². The van der Waals surface area contributed by atoms with Gasteiger partial charge in [0.1, 0.15) is 0 Å². The second-order valence-electron chi connectivity index (χ2n) is 6.31. The van der Waals surface area contributed by atoms with Crippen LogP contribution < -0.4 is 5.32 Å². The van der Waals surface area contributed by atoms with Crippen LogP contribution in [0.3, 0.4) is 0 Å². The van der Waals surface area contributed by atoms with Crippen molar-refractivity contribution in [3.8, 4) is 0 Å². The molecule has 1 aromatic heterocycles. The second-order valence-corrected chi connectivity index (χ2v) is 7.31. The molecule has 1 N–H and O–H groups in total. The van der Waals surface area contributed by atoms with Crippen LogP contribution in [0.1, 0.15) is 43.0 Å². The van der Waals surface area contributed by atoms with Crippen molar-refractivity contribution in [3.63, 3.8) is 0 Å². The highest BCUT2D eigenvalue weighted by atomic mass is 32.1. The van der Waals surface area contributed by atoms with Crippen LogP contribution >= 0.6 is 11.3 Å². The summed E-state index contributed by atoms with van der Waals surface area (Å²) in [6.45, 7) is 7.18. The SMILES string of the molecule is CC1CCC(NCCN2CCc3sccc3C2)CC1. The zero-order valence-electron chi connectivity index (χ0n) is 12.0. The quantitative estimate of drug-likeness (QED) is 0.909. The van der Waals surface area contributed by atoms with E-state index < -0.39 is 0 Å². The number of fused-ring (bicyclic) bond motifs is 1. The molecule has 3 heteroatoms. The average Bonchev–Trinajstić information content (AvgIpc) is 2.88. The van der Waals surface area contributed by atoms with Crippen molar-refractivity contribution in [1.29, 1.82) is 0 Å². The number of thiophene rings is 1. The predicted molar refractivity (Wildman–Crippen MR) is 82.7 cm³/mol. The minimum absolute atomic E-state index is 0.790. The maximum atomic E-state index is 3.77. The van der Waals surface area contributed by atoms with Gasteiger partial charge in [0.2, 0.25) is 0 Å². The van der Waals surface area contributed by atoms with E-state index in [2.05, 4.69) is 28.6 Å². The summed E-state index contributed by atoms with van der Waals surface area (Å²) in [7, 11) is 0. The second kappa shape index (κ2) is 6.38. The van der Waals surface area contributed by atoms with E-state index in [0.29, 0.717) is 0 Å². The average molecular weight is 278 g/mol. The van der Waals surface area contributed by atoms with Crippen LogP contribution in [0.2, 0.25) is 0 Å². The standard InChI is InChI=1S/C16H26N2S/c1-13-2-4-15(5-3-13)17-8-10-18-9-6-16-14(12-18)7-11-19-16/h7,11,13,15,17H,2-6,8-10,12H2,1H3. The van der Waals surface area contributed by atoms with Crippen molar-refractivity contribution in [1.82, 2.24) is 10.2 Å². The Kier molecular flexibility index (Phi) is 4.57. The van der Waals surface area contributed by atoms with Gasteiger partial charge >= 0.3 is 0 Å². The summed E-state index contributed by atoms with van der Waals surface area (Å²) < 4.78 is 0. The third kappa shape index (κ3) is 3.59. The maximum Gasteiger partial charge on any atom is 0.0245 e. The van der Waals surface area contributed by atoms with Crippen LogP contribution in [-0.4, -0.2) is 30.6 Å². The minimum atomic E-state index is 0.790. The van der Waals surface area contributed by atoms with E-state index in [4.69, 9.17) is 0 Å². The summed E-state index contributed by atoms with van der Waals surface area (Å²) in [6, 6.07) is 3.10. The fraction of sp³-hybridized carbons (Fsp3) is 0.750. The van der Waals surface area contributed by atoms with Gasteiger partial charge < -0.3 is 5.32 Å². The molecule has 2 nitrogen and oxygen atoms in total. The Morgan fingerprint density at radius 1 is 1.32 bits per heavy atom. The molecule has 1 aromatic rings. The van der Waals surface area contributed by atoms with Gasteiger partial charge in [-0.1, -0.05) is 6.92 Å². The molecule has 0 atom stereocenters. The lowest BCUT2D eigenvalue weighted by Gasteiger charge is -2.30. The minimum Gasteiger partial charge on any atom is -0.313 e. The molecule has 2 heterocycles. The molecule has 0 radical (unpaired) electrons. The van der Waals surface area contributed by atoms with Crippen molar-refractivity contribution in [2.45, 2.75) is 51.6 Å². The summed E-state index contributed by atoms with van der Waals surface area (Å²) >= 11 is 1.93. The molecule has 0 aromatic carbocycles. The highest BCUT2D eigenvalue weighted by Gasteiger charge is 2.19. The summed E-state index contributed by atoms with van der Waals surface area (Å²) in [6.07, 6.45) is 6.86. The van der Waals surface area contributed by atoms with E-state index in [1.54, 1.807) is 10.4 Å². The van der Waals surface area contributed by atoms with Crippen LogP contribution in [0.25, 0.3) is 0 Å². The Bertz CT molecular complexity index is 393. The largest absolute Gasteiger partial charge is 0.313 e. The molecular formula is C16H26N2S. The first-order valence-electron chi connectivity index (χ1n) is 7.82. The summed E-state index contributed by atoms with van der Waals surface area (Å²) in [5.74, 6) is 0.956. The Labute approximate surface area is 121 Å². The normalized spacial score (nSPS) is 28.3. The maximum absolute atomic E-state index is 3.77. The topological polar surface area (TPSA) is 15.3 Å². The van der Waals surface area contributed by atoms with Gasteiger partial charge in [-0.3, -0.25) is 4.90 Å². The Balaban J connectivity index is 1.37. The Hall–Kier alpha value is -0.380. The highest BCUT2D eigenvalue weighted by Crippen LogP contribution is 2.24. The molecule has 1 saturated carbocycles. The molecule has 2 aliphatic rings. The predicted octanol–water partition coefficient (Wildman–Crippen LogP) is 3.27. The molecule has 106 valence electrons. The first kappa shape index (κ1) is 13.6. The highest BCUT2D eigenvalue weighted by molar-refractivity contribution is 7.10. The van der Waals surface area contributed by atoms with Gasteiger partial charge in [-0.05, 0) is 55.0 Å². The third-order valence-electron chi connectivity index (χ3n) is 4.76. The van der Waals surface area contributed by atoms with Crippen molar-refractivity contribution in [2.24, 2.45) is 5.92 Å². The smallest absolute Gasteiger partial charge is 0.0245 e. The molecule has 0 spiro atoms. The Morgan fingerprint density at radius 2 is 2.16 bits per heavy atom. The first-order valence-corrected chi connectivity index (χ1v) is 8.70. The molecule has 3 rings (SSSR count). The lowest BCUT2D eigenvalue weighted by Crippen LogP contribution is -2.40. The third-order valence-corrected chi connectivity index (χ3v) is 5.79. The molecule has 1 fully saturated rings. The molecule has 0 unspecified atom stereocenters. The van der Waals surface area contributed by atoms with Crippen LogP contribution in [0.15, 0.2) is 11.4 Å². The van der Waals surface area contributed by atoms with E-state index in [1.165, 1.54) is 58.3 Å². The van der Waals surface area contributed by atoms with Gasteiger partial charge in [0.15, 0.2) is 0 Å². The molecular weight excluding hydrogens is 252 g/mol. The number of hydrogen-bond acceptors (Lipinski definition) is 3. The van der Waals surface area contributed by atoms with E-state index in [9.17, 15) is 0 Å². The number of nitrogens with one attached hydrogen (secondary N) is 1. The molecule has 1 aliphatic heterocycles. The number of rotatable bonds is 4. The zero-order valence-corrected chi connectivity index (χ0v) is 12.8. The van der Waals surface area contributed by atoms with E-state index in [1.807, 2.05) is 11.3 Å². The van der Waals surface area contributed by atoms with E-state index in [0.717, 1.165) is 12.0 Å². The fourth-order valence-corrected chi connectivity index (χ4v) is 4.28. The summed E-state index contributed by atoms with van der Waals surface area (Å²) in [5, 5.41) is 6.01. The lowest BCUT2D eigenvalue weighted by molar-refractivity contribution is 0.240. The summed E-state index contributed by atoms with van der Waals surface area (Å²) in [4.78, 5) is 4.22. The first-order chi connectivity index (χ1) is 9.31. The van der Waals surface area contributed by atoms with Crippen LogP contribution in [0, 0.1) is 5.92 Å². The number of hydrogen-bond donors (Lipinski definition) is 1. The van der Waals surface area contributed by atoms with Crippen molar-refractivity contribution in [2.75, 3.05) is 19.6 Å². The van der Waals surface area contributed by atoms with Gasteiger partial charge in [0.25, 0.3) is 0 Å². The monoisotopic (exact) mass is 278 g/mol. The van der Waals surface area contributed by atoms with E-state index >= 15 is 0 Å². The molecule has 0 saturated heterocycles. The van der Waals surface area contributed by atoms with Gasteiger partial charge in [-0.15, -0.1) is 11.3 Å². The van der Waals surface area contributed by atoms with Gasteiger partial charge in [-0.2, -0.15) is 0 Å². The van der Waals surface area contributed by atoms with Gasteiger partial charge in [-0.25, -0.2) is 0 Å². The van der Waals surface area contributed by atoms with Gasteiger partial charge in [0.05, 0.1) is 0 Å². The number of nitrogens with zero attached hydrogens (tertiary/aromatic N) is 1. The van der Waals surface area contributed by atoms with Crippen LogP contribution in [0.4, 0.5) is 0 Å². The summed E-state index contributed by atoms with van der Waals surface area (Å²) in [5.41, 5.74) is 1.57. The fourth-order valence-electron chi connectivity index (χ4n) is 3.39. The molecule has 19 heavy (non-hydrogen) atoms. The Morgan fingerprint density at radius 3 is 3.00 bits per heavy atom. The zero-order chi connectivity index (χ0) is 13.1. The van der Waals surface area contributed by atoms with Crippen molar-refractivity contribution >= 4 is 11.3 Å². The lowest BCUT2D eigenvalue weighted by atomic mass is 9.87. The molecule has 0 amide bonds. The van der Waals surface area contributed by atoms with Crippen LogP contribution in [-0.2, 0) is 13.0 Å². The van der Waals surface area contributed by atoms with Gasteiger partial charge in [0, 0.05) is 37.1 Å². The van der Waals surface area contributed by atoms with Crippen molar-refractivity contribution < 1.29 is 0 Å². The van der Waals surface area contributed by atoms with E-state index in [-0.39, 0.29) is 0 Å².